The van der Waals surface area contributed by atoms with Gasteiger partial charge in [0.05, 0.1) is 6.61 Å². The van der Waals surface area contributed by atoms with Gasteiger partial charge in [0.1, 0.15) is 0 Å². The molecule has 1 fully saturated rings. The van der Waals surface area contributed by atoms with Crippen molar-refractivity contribution in [3.05, 3.63) is 0 Å². The lowest BCUT2D eigenvalue weighted by Crippen LogP contribution is -2.49. The van der Waals surface area contributed by atoms with Gasteiger partial charge in [-0.1, -0.05) is 6.92 Å². The molecule has 4 heteroatoms. The number of piperidine rings is 1. The molecule has 1 rings (SSSR count). The number of likely N-dealkylation sites (tertiary alicyclic amines) is 1. The van der Waals surface area contributed by atoms with Crippen molar-refractivity contribution in [1.29, 1.82) is 0 Å². The Labute approximate surface area is 105 Å². The first-order chi connectivity index (χ1) is 8.29. The van der Waals surface area contributed by atoms with E-state index in [1.807, 2.05) is 0 Å². The Bertz CT molecular complexity index is 190. The maximum absolute atomic E-state index is 5.86. The minimum absolute atomic E-state index is 0.548. The SMILES string of the molecule is COCCCOCCN1CCCC(C)C1CN. The van der Waals surface area contributed by atoms with Crippen LogP contribution in [0.3, 0.4) is 0 Å². The highest BCUT2D eigenvalue weighted by atomic mass is 16.5. The van der Waals surface area contributed by atoms with E-state index in [9.17, 15) is 0 Å². The Morgan fingerprint density at radius 1 is 1.29 bits per heavy atom. The molecule has 4 nitrogen and oxygen atoms in total. The molecule has 1 heterocycles. The van der Waals surface area contributed by atoms with E-state index >= 15 is 0 Å². The quantitative estimate of drug-likeness (QED) is 0.650. The van der Waals surface area contributed by atoms with Crippen molar-refractivity contribution in [1.82, 2.24) is 4.90 Å². The molecule has 0 aromatic heterocycles. The van der Waals surface area contributed by atoms with Crippen molar-refractivity contribution in [2.24, 2.45) is 11.7 Å². The van der Waals surface area contributed by atoms with E-state index in [2.05, 4.69) is 11.8 Å². The van der Waals surface area contributed by atoms with Crippen LogP contribution in [-0.2, 0) is 9.47 Å². The summed E-state index contributed by atoms with van der Waals surface area (Å²) in [5.41, 5.74) is 5.86. The van der Waals surface area contributed by atoms with Crippen LogP contribution in [0.15, 0.2) is 0 Å². The molecule has 0 amide bonds. The molecule has 0 bridgehead atoms. The van der Waals surface area contributed by atoms with Gasteiger partial charge in [-0.15, -0.1) is 0 Å². The molecular formula is C13H28N2O2. The second-order valence-electron chi connectivity index (χ2n) is 4.92. The first-order valence-electron chi connectivity index (χ1n) is 6.80. The van der Waals surface area contributed by atoms with E-state index in [0.29, 0.717) is 6.04 Å². The zero-order valence-corrected chi connectivity index (χ0v) is 11.4. The Balaban J connectivity index is 2.12. The van der Waals surface area contributed by atoms with Crippen LogP contribution in [-0.4, -0.2) is 57.5 Å². The Morgan fingerprint density at radius 2 is 2.12 bits per heavy atom. The number of rotatable bonds is 8. The largest absolute Gasteiger partial charge is 0.385 e. The van der Waals surface area contributed by atoms with E-state index in [4.69, 9.17) is 15.2 Å². The van der Waals surface area contributed by atoms with Crippen molar-refractivity contribution in [3.8, 4) is 0 Å². The Morgan fingerprint density at radius 3 is 2.82 bits per heavy atom. The maximum Gasteiger partial charge on any atom is 0.0593 e. The molecule has 2 atom stereocenters. The molecule has 1 saturated heterocycles. The van der Waals surface area contributed by atoms with Gasteiger partial charge in [-0.05, 0) is 31.7 Å². The summed E-state index contributed by atoms with van der Waals surface area (Å²) >= 11 is 0. The van der Waals surface area contributed by atoms with E-state index in [-0.39, 0.29) is 0 Å². The van der Waals surface area contributed by atoms with Crippen molar-refractivity contribution in [2.75, 3.05) is 46.6 Å². The van der Waals surface area contributed by atoms with Gasteiger partial charge in [-0.3, -0.25) is 4.90 Å². The molecule has 17 heavy (non-hydrogen) atoms. The molecule has 2 unspecified atom stereocenters. The second kappa shape index (κ2) is 8.86. The fourth-order valence-electron chi connectivity index (χ4n) is 2.58. The van der Waals surface area contributed by atoms with Crippen LogP contribution >= 0.6 is 0 Å². The molecule has 0 aromatic rings. The molecule has 1 aliphatic heterocycles. The molecule has 0 saturated carbocycles. The maximum atomic E-state index is 5.86. The molecule has 102 valence electrons. The highest BCUT2D eigenvalue weighted by Crippen LogP contribution is 2.21. The van der Waals surface area contributed by atoms with Crippen LogP contribution in [0.5, 0.6) is 0 Å². The molecule has 1 aliphatic rings. The highest BCUT2D eigenvalue weighted by Gasteiger charge is 2.26. The number of hydrogen-bond donors (Lipinski definition) is 1. The van der Waals surface area contributed by atoms with Crippen LogP contribution < -0.4 is 5.73 Å². The number of ether oxygens (including phenoxy) is 2. The topological polar surface area (TPSA) is 47.7 Å². The van der Waals surface area contributed by atoms with Crippen LogP contribution in [0.4, 0.5) is 0 Å². The van der Waals surface area contributed by atoms with Gasteiger partial charge in [0.25, 0.3) is 0 Å². The number of hydrogen-bond acceptors (Lipinski definition) is 4. The molecule has 2 N–H and O–H groups in total. The lowest BCUT2D eigenvalue weighted by Gasteiger charge is -2.39. The van der Waals surface area contributed by atoms with Gasteiger partial charge >= 0.3 is 0 Å². The standard InChI is InChI=1S/C13H28N2O2/c1-12-5-3-6-15(13(12)11-14)7-10-17-9-4-8-16-2/h12-13H,3-11,14H2,1-2H3. The third-order valence-corrected chi connectivity index (χ3v) is 3.63. The monoisotopic (exact) mass is 244 g/mol. The molecule has 0 aromatic carbocycles. The number of methoxy groups -OCH3 is 1. The van der Waals surface area contributed by atoms with Gasteiger partial charge in [-0.2, -0.15) is 0 Å². The zero-order valence-electron chi connectivity index (χ0n) is 11.4. The summed E-state index contributed by atoms with van der Waals surface area (Å²) < 4.78 is 10.6. The molecule has 0 aliphatic carbocycles. The second-order valence-corrected chi connectivity index (χ2v) is 4.92. The predicted octanol–water partition coefficient (Wildman–Crippen LogP) is 1.10. The first kappa shape index (κ1) is 14.9. The summed E-state index contributed by atoms with van der Waals surface area (Å²) in [4.78, 5) is 2.49. The number of nitrogens with zero attached hydrogens (tertiary/aromatic N) is 1. The van der Waals surface area contributed by atoms with E-state index < -0.39 is 0 Å². The van der Waals surface area contributed by atoms with Gasteiger partial charge in [0.2, 0.25) is 0 Å². The summed E-state index contributed by atoms with van der Waals surface area (Å²) in [6, 6.07) is 0.548. The van der Waals surface area contributed by atoms with Crippen molar-refractivity contribution in [3.63, 3.8) is 0 Å². The zero-order chi connectivity index (χ0) is 12.5. The number of nitrogens with two attached hydrogens (primary N) is 1. The van der Waals surface area contributed by atoms with E-state index in [0.717, 1.165) is 45.2 Å². The van der Waals surface area contributed by atoms with Crippen LogP contribution in [0, 0.1) is 5.92 Å². The fraction of sp³-hybridized carbons (Fsp3) is 1.00. The molecule has 0 spiro atoms. The van der Waals surface area contributed by atoms with Crippen molar-refractivity contribution in [2.45, 2.75) is 32.2 Å². The minimum Gasteiger partial charge on any atom is -0.385 e. The third-order valence-electron chi connectivity index (χ3n) is 3.63. The lowest BCUT2D eigenvalue weighted by atomic mass is 9.91. The molecular weight excluding hydrogens is 216 g/mol. The fourth-order valence-corrected chi connectivity index (χ4v) is 2.58. The summed E-state index contributed by atoms with van der Waals surface area (Å²) in [5, 5.41) is 0. The van der Waals surface area contributed by atoms with Gasteiger partial charge in [-0.25, -0.2) is 0 Å². The normalized spacial score (nSPS) is 26.3. The van der Waals surface area contributed by atoms with Crippen LogP contribution in [0.25, 0.3) is 0 Å². The smallest absolute Gasteiger partial charge is 0.0593 e. The third kappa shape index (κ3) is 5.34. The summed E-state index contributed by atoms with van der Waals surface area (Å²) in [7, 11) is 1.72. The van der Waals surface area contributed by atoms with Gasteiger partial charge < -0.3 is 15.2 Å². The Kier molecular flexibility index (Phi) is 7.77. The summed E-state index contributed by atoms with van der Waals surface area (Å²) in [5.74, 6) is 0.724. The summed E-state index contributed by atoms with van der Waals surface area (Å²) in [6.07, 6.45) is 3.58. The average molecular weight is 244 g/mol. The molecule has 0 radical (unpaired) electrons. The van der Waals surface area contributed by atoms with E-state index in [1.54, 1.807) is 7.11 Å². The van der Waals surface area contributed by atoms with Gasteiger partial charge in [0, 0.05) is 39.5 Å². The summed E-state index contributed by atoms with van der Waals surface area (Å²) in [6.45, 7) is 7.66. The van der Waals surface area contributed by atoms with Crippen molar-refractivity contribution >= 4 is 0 Å². The Hall–Kier alpha value is -0.160. The minimum atomic E-state index is 0.548. The van der Waals surface area contributed by atoms with Crippen LogP contribution in [0.2, 0.25) is 0 Å². The average Bonchev–Trinajstić information content (AvgIpc) is 2.34. The van der Waals surface area contributed by atoms with Gasteiger partial charge in [0.15, 0.2) is 0 Å². The van der Waals surface area contributed by atoms with Crippen LogP contribution in [0.1, 0.15) is 26.2 Å². The predicted molar refractivity (Wildman–Crippen MR) is 70.1 cm³/mol. The van der Waals surface area contributed by atoms with Crippen molar-refractivity contribution < 1.29 is 9.47 Å². The van der Waals surface area contributed by atoms with E-state index in [1.165, 1.54) is 19.4 Å². The highest BCUT2D eigenvalue weighted by molar-refractivity contribution is 4.82. The lowest BCUT2D eigenvalue weighted by molar-refractivity contribution is 0.0476. The first-order valence-corrected chi connectivity index (χ1v) is 6.80.